The topological polar surface area (TPSA) is 0 Å². The molecular weight excluding hydrogens is 316 g/mol. The summed E-state index contributed by atoms with van der Waals surface area (Å²) in [4.78, 5) is 0. The smallest absolute Gasteiger partial charge is 0.0869 e. The van der Waals surface area contributed by atoms with Crippen molar-refractivity contribution in [1.82, 2.24) is 0 Å². The highest BCUT2D eigenvalue weighted by atomic mass is 79.9. The fraction of sp³-hybridized carbons (Fsp3) is 0.692. The average Bonchev–Trinajstić information content (AvgIpc) is 2.69. The molecule has 15 heavy (non-hydrogen) atoms. The van der Waals surface area contributed by atoms with E-state index in [1.165, 1.54) is 25.7 Å². The molecule has 0 radical (unpaired) electrons. The molecule has 2 heteroatoms. The van der Waals surface area contributed by atoms with Gasteiger partial charge in [0.15, 0.2) is 0 Å². The zero-order valence-electron chi connectivity index (χ0n) is 8.55. The maximum Gasteiger partial charge on any atom is 0.0869 e. The van der Waals surface area contributed by atoms with Gasteiger partial charge in [-0.15, -0.1) is 0 Å². The van der Waals surface area contributed by atoms with E-state index in [0.29, 0.717) is 10.8 Å². The van der Waals surface area contributed by atoms with Crippen LogP contribution in [0.5, 0.6) is 0 Å². The summed E-state index contributed by atoms with van der Waals surface area (Å²) in [7, 11) is 0. The molecule has 0 amide bonds. The minimum absolute atomic E-state index is 0.281. The van der Waals surface area contributed by atoms with Gasteiger partial charge in [-0.05, 0) is 37.5 Å². The summed E-state index contributed by atoms with van der Waals surface area (Å²) in [5.41, 5.74) is 1.07. The second-order valence-corrected chi connectivity index (χ2v) is 9.51. The normalized spacial score (nSPS) is 57.5. The molecule has 0 heterocycles. The molecule has 4 aliphatic carbocycles. The molecule has 4 atom stereocenters. The lowest BCUT2D eigenvalue weighted by molar-refractivity contribution is 0.0323. The van der Waals surface area contributed by atoms with E-state index in [-0.39, 0.29) is 3.23 Å². The fourth-order valence-corrected chi connectivity index (χ4v) is 5.86. The lowest BCUT2D eigenvalue weighted by Crippen LogP contribution is -2.49. The second-order valence-electron chi connectivity index (χ2n) is 5.82. The van der Waals surface area contributed by atoms with Crippen molar-refractivity contribution < 1.29 is 0 Å². The van der Waals surface area contributed by atoms with Crippen LogP contribution in [0, 0.1) is 22.7 Å². The Morgan fingerprint density at radius 1 is 0.867 bits per heavy atom. The number of alkyl halides is 2. The number of fused-ring (bicyclic) bond motifs is 1. The third-order valence-corrected chi connectivity index (χ3v) is 7.73. The Balaban J connectivity index is 1.77. The van der Waals surface area contributed by atoms with Crippen LogP contribution in [-0.4, -0.2) is 3.23 Å². The van der Waals surface area contributed by atoms with E-state index in [9.17, 15) is 0 Å². The molecule has 0 bridgehead atoms. The van der Waals surface area contributed by atoms with Crippen LogP contribution in [0.15, 0.2) is 24.3 Å². The molecule has 0 N–H and O–H groups in total. The zero-order valence-corrected chi connectivity index (χ0v) is 11.7. The third-order valence-electron chi connectivity index (χ3n) is 5.38. The average molecular weight is 330 g/mol. The molecule has 0 aromatic carbocycles. The Labute approximate surface area is 107 Å². The highest BCUT2D eigenvalue weighted by molar-refractivity contribution is 9.25. The number of hydrogen-bond acceptors (Lipinski definition) is 0. The lowest BCUT2D eigenvalue weighted by atomic mass is 9.45. The molecular formula is C13H14Br2. The Morgan fingerprint density at radius 2 is 1.33 bits per heavy atom. The predicted molar refractivity (Wildman–Crippen MR) is 69.2 cm³/mol. The van der Waals surface area contributed by atoms with Crippen molar-refractivity contribution in [2.75, 3.05) is 0 Å². The molecule has 2 fully saturated rings. The van der Waals surface area contributed by atoms with Crippen LogP contribution in [0.3, 0.4) is 0 Å². The van der Waals surface area contributed by atoms with E-state index in [0.717, 1.165) is 11.8 Å². The van der Waals surface area contributed by atoms with Gasteiger partial charge in [0.25, 0.3) is 0 Å². The first-order chi connectivity index (χ1) is 7.10. The highest BCUT2D eigenvalue weighted by Gasteiger charge is 2.72. The van der Waals surface area contributed by atoms with Crippen LogP contribution in [0.25, 0.3) is 0 Å². The van der Waals surface area contributed by atoms with Crippen LogP contribution in [0.2, 0.25) is 0 Å². The molecule has 2 saturated carbocycles. The van der Waals surface area contributed by atoms with E-state index in [2.05, 4.69) is 56.2 Å². The molecule has 0 aromatic heterocycles. The van der Waals surface area contributed by atoms with Crippen molar-refractivity contribution in [2.45, 2.75) is 28.9 Å². The molecule has 0 aromatic rings. The number of allylic oxidation sites excluding steroid dienone is 4. The van der Waals surface area contributed by atoms with Gasteiger partial charge in [-0.1, -0.05) is 56.2 Å². The van der Waals surface area contributed by atoms with Gasteiger partial charge in [-0.2, -0.15) is 0 Å². The summed E-state index contributed by atoms with van der Waals surface area (Å²) in [5.74, 6) is 1.73. The van der Waals surface area contributed by atoms with Crippen LogP contribution < -0.4 is 0 Å². The van der Waals surface area contributed by atoms with Crippen molar-refractivity contribution in [1.29, 1.82) is 0 Å². The standard InChI is InChI=1S/C13H14Br2/c14-13(15)9-7-11-3-1-2-4-12(11,6-5-11)8-10(9)13/h1-2,5-6,9-10H,3-4,7-8H2/t9-,10-,11-,12+/m1/s1. The molecule has 0 aliphatic heterocycles. The summed E-state index contributed by atoms with van der Waals surface area (Å²) in [5, 5.41) is 0. The van der Waals surface area contributed by atoms with Gasteiger partial charge >= 0.3 is 0 Å². The first kappa shape index (κ1) is 9.47. The first-order valence-corrected chi connectivity index (χ1v) is 7.42. The zero-order chi connectivity index (χ0) is 10.3. The van der Waals surface area contributed by atoms with E-state index in [1.807, 2.05) is 0 Å². The van der Waals surface area contributed by atoms with E-state index < -0.39 is 0 Å². The van der Waals surface area contributed by atoms with Gasteiger partial charge in [-0.3, -0.25) is 0 Å². The summed E-state index contributed by atoms with van der Waals surface area (Å²) >= 11 is 7.72. The maximum atomic E-state index is 3.86. The van der Waals surface area contributed by atoms with Gasteiger partial charge in [-0.25, -0.2) is 0 Å². The molecule has 0 spiro atoms. The quantitative estimate of drug-likeness (QED) is 0.456. The SMILES string of the molecule is BrC1(Br)[C@@H]2C[C@@]34C=C[C@@]3(CC=CC4)C[C@H]21. The summed E-state index contributed by atoms with van der Waals surface area (Å²) in [6, 6.07) is 0. The Morgan fingerprint density at radius 3 is 1.73 bits per heavy atom. The number of halogens is 2. The minimum atomic E-state index is 0.281. The molecule has 4 rings (SSSR count). The van der Waals surface area contributed by atoms with Gasteiger partial charge in [0.2, 0.25) is 0 Å². The van der Waals surface area contributed by atoms with Gasteiger partial charge < -0.3 is 0 Å². The molecule has 0 nitrogen and oxygen atoms in total. The van der Waals surface area contributed by atoms with Gasteiger partial charge in [0, 0.05) is 10.8 Å². The first-order valence-electron chi connectivity index (χ1n) is 5.83. The van der Waals surface area contributed by atoms with Crippen molar-refractivity contribution in [3.8, 4) is 0 Å². The van der Waals surface area contributed by atoms with E-state index in [1.54, 1.807) is 0 Å². The second kappa shape index (κ2) is 2.48. The molecule has 0 saturated heterocycles. The largest absolute Gasteiger partial charge is 0.0876 e. The van der Waals surface area contributed by atoms with Crippen molar-refractivity contribution in [3.05, 3.63) is 24.3 Å². The number of rotatable bonds is 0. The monoisotopic (exact) mass is 328 g/mol. The van der Waals surface area contributed by atoms with Crippen molar-refractivity contribution in [2.24, 2.45) is 22.7 Å². The number of hydrogen-bond donors (Lipinski definition) is 0. The summed E-state index contributed by atoms with van der Waals surface area (Å²) in [6.07, 6.45) is 15.1. The van der Waals surface area contributed by atoms with Crippen LogP contribution >= 0.6 is 31.9 Å². The van der Waals surface area contributed by atoms with E-state index in [4.69, 9.17) is 0 Å². The maximum absolute atomic E-state index is 3.86. The fourth-order valence-electron chi connectivity index (χ4n) is 4.20. The Kier molecular flexibility index (Phi) is 1.56. The van der Waals surface area contributed by atoms with Crippen LogP contribution in [0.4, 0.5) is 0 Å². The predicted octanol–water partition coefficient (Wildman–Crippen LogP) is 4.40. The Bertz CT molecular complexity index is 361. The molecule has 0 unspecified atom stereocenters. The lowest BCUT2D eigenvalue weighted by Gasteiger charge is -2.58. The molecule has 80 valence electrons. The third kappa shape index (κ3) is 0.914. The van der Waals surface area contributed by atoms with Crippen LogP contribution in [-0.2, 0) is 0 Å². The van der Waals surface area contributed by atoms with Crippen LogP contribution in [0.1, 0.15) is 25.7 Å². The van der Waals surface area contributed by atoms with Crippen molar-refractivity contribution in [3.63, 3.8) is 0 Å². The van der Waals surface area contributed by atoms with Gasteiger partial charge in [0.05, 0.1) is 3.23 Å². The van der Waals surface area contributed by atoms with Gasteiger partial charge in [0.1, 0.15) is 0 Å². The highest BCUT2D eigenvalue weighted by Crippen LogP contribution is 2.78. The van der Waals surface area contributed by atoms with Crippen molar-refractivity contribution >= 4 is 31.9 Å². The summed E-state index contributed by atoms with van der Waals surface area (Å²) < 4.78 is 0.281. The molecule has 4 aliphatic rings. The summed E-state index contributed by atoms with van der Waals surface area (Å²) in [6.45, 7) is 0. The van der Waals surface area contributed by atoms with E-state index >= 15 is 0 Å². The Hall–Kier alpha value is 0.440. The minimum Gasteiger partial charge on any atom is -0.0876 e.